The molecule has 1 rings (SSSR count). The summed E-state index contributed by atoms with van der Waals surface area (Å²) >= 11 is 1.76. The lowest BCUT2D eigenvalue weighted by molar-refractivity contribution is 0.286. The van der Waals surface area contributed by atoms with Gasteiger partial charge >= 0.3 is 0 Å². The van der Waals surface area contributed by atoms with E-state index >= 15 is 0 Å². The van der Waals surface area contributed by atoms with E-state index in [0.717, 1.165) is 6.54 Å². The summed E-state index contributed by atoms with van der Waals surface area (Å²) in [7, 11) is 0. The van der Waals surface area contributed by atoms with Crippen LogP contribution < -0.4 is 5.32 Å². The molecular weight excluding hydrogens is 218 g/mol. The van der Waals surface area contributed by atoms with Crippen molar-refractivity contribution in [2.45, 2.75) is 24.2 Å². The number of aliphatic hydroxyl groups excluding tert-OH is 1. The lowest BCUT2D eigenvalue weighted by Gasteiger charge is -2.25. The summed E-state index contributed by atoms with van der Waals surface area (Å²) in [4.78, 5) is 1.29. The van der Waals surface area contributed by atoms with Crippen molar-refractivity contribution in [3.05, 3.63) is 29.8 Å². The maximum atomic E-state index is 8.74. The summed E-state index contributed by atoms with van der Waals surface area (Å²) in [6.07, 6.45) is 2.09. The fraction of sp³-hybridized carbons (Fsp3) is 0.538. The highest BCUT2D eigenvalue weighted by Crippen LogP contribution is 2.24. The van der Waals surface area contributed by atoms with Crippen LogP contribution in [0.2, 0.25) is 0 Å². The second-order valence-electron chi connectivity index (χ2n) is 4.51. The molecule has 2 N–H and O–H groups in total. The van der Waals surface area contributed by atoms with Crippen molar-refractivity contribution >= 4 is 11.8 Å². The third-order valence-electron chi connectivity index (χ3n) is 2.73. The Morgan fingerprint density at radius 2 is 1.88 bits per heavy atom. The zero-order valence-corrected chi connectivity index (χ0v) is 11.1. The molecule has 0 heterocycles. The monoisotopic (exact) mass is 239 g/mol. The molecule has 0 bridgehead atoms. The van der Waals surface area contributed by atoms with Crippen LogP contribution in [0.1, 0.15) is 19.4 Å². The molecule has 1 aromatic rings. The first-order valence-corrected chi connectivity index (χ1v) is 6.79. The molecule has 2 nitrogen and oxygen atoms in total. The molecule has 0 unspecified atom stereocenters. The van der Waals surface area contributed by atoms with Gasteiger partial charge in [-0.25, -0.2) is 0 Å². The van der Waals surface area contributed by atoms with Gasteiger partial charge in [0.2, 0.25) is 0 Å². The van der Waals surface area contributed by atoms with Crippen LogP contribution in [-0.4, -0.2) is 31.1 Å². The maximum Gasteiger partial charge on any atom is 0.0555 e. The molecular formula is C13H21NOS. The summed E-state index contributed by atoms with van der Waals surface area (Å²) in [5, 5.41) is 12.0. The predicted molar refractivity (Wildman–Crippen MR) is 71.2 cm³/mol. The Hall–Kier alpha value is -0.510. The summed E-state index contributed by atoms with van der Waals surface area (Å²) in [5.74, 6) is 0. The zero-order chi connectivity index (χ0) is 12.0. The van der Waals surface area contributed by atoms with Gasteiger partial charge in [-0.05, 0) is 24.0 Å². The van der Waals surface area contributed by atoms with Crippen LogP contribution in [0.25, 0.3) is 0 Å². The molecule has 0 amide bonds. The first-order chi connectivity index (χ1) is 7.60. The van der Waals surface area contributed by atoms with Crippen molar-refractivity contribution in [3.8, 4) is 0 Å². The molecule has 0 aliphatic rings. The molecule has 0 aliphatic heterocycles. The Morgan fingerprint density at radius 3 is 2.38 bits per heavy atom. The highest BCUT2D eigenvalue weighted by Gasteiger charge is 2.19. The third-order valence-corrected chi connectivity index (χ3v) is 3.47. The lowest BCUT2D eigenvalue weighted by atomic mass is 9.84. The van der Waals surface area contributed by atoms with Crippen molar-refractivity contribution in [2.75, 3.05) is 26.0 Å². The molecule has 0 saturated carbocycles. The van der Waals surface area contributed by atoms with Gasteiger partial charge in [-0.2, -0.15) is 0 Å². The first kappa shape index (κ1) is 13.6. The average Bonchev–Trinajstić information content (AvgIpc) is 2.29. The van der Waals surface area contributed by atoms with E-state index in [2.05, 4.69) is 49.7 Å². The lowest BCUT2D eigenvalue weighted by Crippen LogP contribution is -2.34. The first-order valence-electron chi connectivity index (χ1n) is 5.56. The second-order valence-corrected chi connectivity index (χ2v) is 5.39. The van der Waals surface area contributed by atoms with E-state index in [1.807, 2.05) is 0 Å². The normalized spacial score (nSPS) is 11.8. The summed E-state index contributed by atoms with van der Waals surface area (Å²) < 4.78 is 0. The molecule has 0 saturated heterocycles. The molecule has 0 atom stereocenters. The van der Waals surface area contributed by atoms with E-state index < -0.39 is 0 Å². The van der Waals surface area contributed by atoms with Gasteiger partial charge in [0.15, 0.2) is 0 Å². The number of benzene rings is 1. The van der Waals surface area contributed by atoms with E-state index in [-0.39, 0.29) is 12.0 Å². The molecule has 16 heavy (non-hydrogen) atoms. The minimum atomic E-state index is 0.103. The molecule has 3 heteroatoms. The minimum absolute atomic E-state index is 0.103. The standard InChI is InChI=1S/C13H21NOS/c1-13(2,10-14-8-9-15)11-4-6-12(16-3)7-5-11/h4-7,14-15H,8-10H2,1-3H3. The number of hydrogen-bond acceptors (Lipinski definition) is 3. The second kappa shape index (κ2) is 6.28. The van der Waals surface area contributed by atoms with Crippen molar-refractivity contribution in [3.63, 3.8) is 0 Å². The predicted octanol–water partition coefficient (Wildman–Crippen LogP) is 2.27. The Morgan fingerprint density at radius 1 is 1.25 bits per heavy atom. The fourth-order valence-electron chi connectivity index (χ4n) is 1.62. The number of aliphatic hydroxyl groups is 1. The van der Waals surface area contributed by atoms with E-state index in [9.17, 15) is 0 Å². The largest absolute Gasteiger partial charge is 0.395 e. The molecule has 0 radical (unpaired) electrons. The SMILES string of the molecule is CSc1ccc(C(C)(C)CNCCO)cc1. The van der Waals surface area contributed by atoms with Crippen LogP contribution >= 0.6 is 11.8 Å². The quantitative estimate of drug-likeness (QED) is 0.590. The topological polar surface area (TPSA) is 32.3 Å². The van der Waals surface area contributed by atoms with E-state index in [1.54, 1.807) is 11.8 Å². The maximum absolute atomic E-state index is 8.74. The highest BCUT2D eigenvalue weighted by atomic mass is 32.2. The average molecular weight is 239 g/mol. The van der Waals surface area contributed by atoms with Gasteiger partial charge < -0.3 is 10.4 Å². The molecule has 0 aliphatic carbocycles. The Bertz CT molecular complexity index is 308. The molecule has 90 valence electrons. The smallest absolute Gasteiger partial charge is 0.0555 e. The van der Waals surface area contributed by atoms with Crippen LogP contribution in [0, 0.1) is 0 Å². The number of nitrogens with one attached hydrogen (secondary N) is 1. The highest BCUT2D eigenvalue weighted by molar-refractivity contribution is 7.98. The molecule has 0 fully saturated rings. The third kappa shape index (κ3) is 3.81. The van der Waals surface area contributed by atoms with Crippen LogP contribution in [0.5, 0.6) is 0 Å². The molecule has 0 aromatic heterocycles. The summed E-state index contributed by atoms with van der Waals surface area (Å²) in [6.45, 7) is 6.16. The van der Waals surface area contributed by atoms with Gasteiger partial charge in [-0.3, -0.25) is 0 Å². The molecule has 1 aromatic carbocycles. The van der Waals surface area contributed by atoms with Gasteiger partial charge in [-0.15, -0.1) is 11.8 Å². The van der Waals surface area contributed by atoms with E-state index in [0.29, 0.717) is 6.54 Å². The van der Waals surface area contributed by atoms with Gasteiger partial charge in [0.25, 0.3) is 0 Å². The van der Waals surface area contributed by atoms with Crippen molar-refractivity contribution in [1.29, 1.82) is 0 Å². The van der Waals surface area contributed by atoms with Gasteiger partial charge in [-0.1, -0.05) is 26.0 Å². The van der Waals surface area contributed by atoms with Crippen LogP contribution in [0.15, 0.2) is 29.2 Å². The van der Waals surface area contributed by atoms with Crippen molar-refractivity contribution < 1.29 is 5.11 Å². The number of rotatable bonds is 6. The van der Waals surface area contributed by atoms with Gasteiger partial charge in [0, 0.05) is 23.4 Å². The summed E-state index contributed by atoms with van der Waals surface area (Å²) in [6, 6.07) is 8.69. The number of hydrogen-bond donors (Lipinski definition) is 2. The number of thioether (sulfide) groups is 1. The molecule has 0 spiro atoms. The van der Waals surface area contributed by atoms with E-state index in [4.69, 9.17) is 5.11 Å². The van der Waals surface area contributed by atoms with Crippen LogP contribution in [-0.2, 0) is 5.41 Å². The van der Waals surface area contributed by atoms with Crippen LogP contribution in [0.4, 0.5) is 0 Å². The summed E-state index contributed by atoms with van der Waals surface area (Å²) in [5.41, 5.74) is 1.43. The Kier molecular flexibility index (Phi) is 5.32. The Labute approximate surface area is 102 Å². The van der Waals surface area contributed by atoms with Gasteiger partial charge in [0.05, 0.1) is 6.61 Å². The van der Waals surface area contributed by atoms with Crippen molar-refractivity contribution in [1.82, 2.24) is 5.32 Å². The minimum Gasteiger partial charge on any atom is -0.395 e. The fourth-order valence-corrected chi connectivity index (χ4v) is 2.03. The van der Waals surface area contributed by atoms with Gasteiger partial charge in [0.1, 0.15) is 0 Å². The van der Waals surface area contributed by atoms with E-state index in [1.165, 1.54) is 10.5 Å². The Balaban J connectivity index is 2.65. The van der Waals surface area contributed by atoms with Crippen molar-refractivity contribution in [2.24, 2.45) is 0 Å². The van der Waals surface area contributed by atoms with Crippen LogP contribution in [0.3, 0.4) is 0 Å². The zero-order valence-electron chi connectivity index (χ0n) is 10.3.